The molecule has 0 saturated heterocycles. The molecule has 0 amide bonds. The Kier molecular flexibility index (Phi) is 3.31. The number of para-hydroxylation sites is 1. The zero-order valence-corrected chi connectivity index (χ0v) is 10.2. The Bertz CT molecular complexity index is 614. The monoisotopic (exact) mass is 268 g/mol. The van der Waals surface area contributed by atoms with Gasteiger partial charge in [-0.2, -0.15) is 0 Å². The molecule has 17 heavy (non-hydrogen) atoms. The Labute approximate surface area is 104 Å². The molecule has 0 fully saturated rings. The van der Waals surface area contributed by atoms with E-state index in [0.29, 0.717) is 5.69 Å². The maximum absolute atomic E-state index is 12.0. The van der Waals surface area contributed by atoms with E-state index in [1.54, 1.807) is 30.3 Å². The number of hydrogen-bond donors (Lipinski definition) is 1. The molecule has 2 rings (SSSR count). The van der Waals surface area contributed by atoms with Gasteiger partial charge < -0.3 is 0 Å². The highest BCUT2D eigenvalue weighted by Gasteiger charge is 2.17. The van der Waals surface area contributed by atoms with E-state index in [1.807, 2.05) is 0 Å². The van der Waals surface area contributed by atoms with Gasteiger partial charge in [0.1, 0.15) is 10.0 Å². The summed E-state index contributed by atoms with van der Waals surface area (Å²) in [4.78, 5) is 3.70. The minimum absolute atomic E-state index is 0.0366. The molecule has 0 spiro atoms. The maximum atomic E-state index is 12.0. The summed E-state index contributed by atoms with van der Waals surface area (Å²) in [5.41, 5.74) is 0.479. The van der Waals surface area contributed by atoms with Crippen molar-refractivity contribution in [3.05, 3.63) is 53.8 Å². The molecule has 6 heteroatoms. The van der Waals surface area contributed by atoms with E-state index in [-0.39, 0.29) is 10.0 Å². The molecule has 88 valence electrons. The molecule has 2 aromatic rings. The van der Waals surface area contributed by atoms with Crippen LogP contribution in [-0.4, -0.2) is 13.4 Å². The Balaban J connectivity index is 2.36. The number of halogens is 1. The van der Waals surface area contributed by atoms with Gasteiger partial charge in [-0.25, -0.2) is 13.4 Å². The van der Waals surface area contributed by atoms with Crippen LogP contribution in [0.2, 0.25) is 5.15 Å². The first-order valence-electron chi connectivity index (χ1n) is 4.78. The average molecular weight is 269 g/mol. The van der Waals surface area contributed by atoms with Crippen molar-refractivity contribution in [2.24, 2.45) is 0 Å². The molecule has 0 bridgehead atoms. The number of rotatable bonds is 3. The summed E-state index contributed by atoms with van der Waals surface area (Å²) in [6, 6.07) is 11.5. The second-order valence-corrected chi connectivity index (χ2v) is 5.27. The fraction of sp³-hybridized carbons (Fsp3) is 0. The van der Waals surface area contributed by atoms with Crippen molar-refractivity contribution in [3.63, 3.8) is 0 Å². The standard InChI is InChI=1S/C11H9ClN2O2S/c12-11-10(7-4-8-13-11)17(15,16)14-9-5-2-1-3-6-9/h1-8,14H. The van der Waals surface area contributed by atoms with E-state index in [1.165, 1.54) is 18.3 Å². The van der Waals surface area contributed by atoms with Crippen molar-refractivity contribution in [1.29, 1.82) is 0 Å². The van der Waals surface area contributed by atoms with Crippen LogP contribution in [0.3, 0.4) is 0 Å². The quantitative estimate of drug-likeness (QED) is 0.871. The Morgan fingerprint density at radius 2 is 1.76 bits per heavy atom. The summed E-state index contributed by atoms with van der Waals surface area (Å²) < 4.78 is 26.4. The lowest BCUT2D eigenvalue weighted by Crippen LogP contribution is -2.13. The molecular weight excluding hydrogens is 260 g/mol. The number of anilines is 1. The molecule has 1 aromatic carbocycles. The molecule has 4 nitrogen and oxygen atoms in total. The highest BCUT2D eigenvalue weighted by atomic mass is 35.5. The number of sulfonamides is 1. The second kappa shape index (κ2) is 4.73. The van der Waals surface area contributed by atoms with E-state index < -0.39 is 10.0 Å². The Morgan fingerprint density at radius 1 is 1.06 bits per heavy atom. The highest BCUT2D eigenvalue weighted by molar-refractivity contribution is 7.92. The van der Waals surface area contributed by atoms with E-state index in [4.69, 9.17) is 11.6 Å². The summed E-state index contributed by atoms with van der Waals surface area (Å²) >= 11 is 5.74. The predicted octanol–water partition coefficient (Wildman–Crippen LogP) is 2.54. The van der Waals surface area contributed by atoms with Gasteiger partial charge in [-0.05, 0) is 24.3 Å². The van der Waals surface area contributed by atoms with E-state index in [0.717, 1.165) is 0 Å². The van der Waals surface area contributed by atoms with Crippen LogP contribution in [0.1, 0.15) is 0 Å². The van der Waals surface area contributed by atoms with Crippen LogP contribution in [0.25, 0.3) is 0 Å². The van der Waals surface area contributed by atoms with Crippen LogP contribution in [0.15, 0.2) is 53.6 Å². The first-order chi connectivity index (χ1) is 8.09. The maximum Gasteiger partial charge on any atom is 0.264 e. The van der Waals surface area contributed by atoms with Gasteiger partial charge in [-0.3, -0.25) is 4.72 Å². The van der Waals surface area contributed by atoms with E-state index in [9.17, 15) is 8.42 Å². The lowest BCUT2D eigenvalue weighted by molar-refractivity contribution is 0.601. The Hall–Kier alpha value is -1.59. The molecule has 1 heterocycles. The minimum atomic E-state index is -3.69. The van der Waals surface area contributed by atoms with Gasteiger partial charge in [0.25, 0.3) is 10.0 Å². The summed E-state index contributed by atoms with van der Waals surface area (Å²) in [6.07, 6.45) is 1.43. The number of hydrogen-bond acceptors (Lipinski definition) is 3. The number of benzene rings is 1. The molecule has 0 aliphatic heterocycles. The lowest BCUT2D eigenvalue weighted by atomic mass is 10.3. The molecular formula is C11H9ClN2O2S. The first-order valence-corrected chi connectivity index (χ1v) is 6.64. The van der Waals surface area contributed by atoms with Crippen LogP contribution < -0.4 is 4.72 Å². The third-order valence-electron chi connectivity index (χ3n) is 2.04. The van der Waals surface area contributed by atoms with Crippen molar-refractivity contribution in [1.82, 2.24) is 4.98 Å². The fourth-order valence-corrected chi connectivity index (χ4v) is 2.80. The summed E-state index contributed by atoms with van der Waals surface area (Å²) in [7, 11) is -3.69. The Morgan fingerprint density at radius 3 is 2.41 bits per heavy atom. The van der Waals surface area contributed by atoms with Crippen molar-refractivity contribution in [2.45, 2.75) is 4.90 Å². The zero-order chi connectivity index (χ0) is 12.3. The molecule has 1 N–H and O–H groups in total. The molecule has 0 radical (unpaired) electrons. The topological polar surface area (TPSA) is 59.1 Å². The van der Waals surface area contributed by atoms with Gasteiger partial charge >= 0.3 is 0 Å². The van der Waals surface area contributed by atoms with Crippen LogP contribution in [0, 0.1) is 0 Å². The van der Waals surface area contributed by atoms with Crippen LogP contribution in [-0.2, 0) is 10.0 Å². The van der Waals surface area contributed by atoms with Crippen LogP contribution >= 0.6 is 11.6 Å². The zero-order valence-electron chi connectivity index (χ0n) is 8.67. The van der Waals surface area contributed by atoms with Crippen LogP contribution in [0.4, 0.5) is 5.69 Å². The van der Waals surface area contributed by atoms with Gasteiger partial charge in [-0.15, -0.1) is 0 Å². The smallest absolute Gasteiger partial charge is 0.264 e. The van der Waals surface area contributed by atoms with Gasteiger partial charge in [0.15, 0.2) is 0 Å². The molecule has 0 aliphatic carbocycles. The minimum Gasteiger partial charge on any atom is -0.280 e. The number of pyridine rings is 1. The van der Waals surface area contributed by atoms with Gasteiger partial charge in [0.05, 0.1) is 0 Å². The number of nitrogens with one attached hydrogen (secondary N) is 1. The third-order valence-corrected chi connectivity index (χ3v) is 3.87. The number of aromatic nitrogens is 1. The van der Waals surface area contributed by atoms with Crippen molar-refractivity contribution < 1.29 is 8.42 Å². The predicted molar refractivity (Wildman–Crippen MR) is 66.5 cm³/mol. The van der Waals surface area contributed by atoms with Crippen LogP contribution in [0.5, 0.6) is 0 Å². The normalized spacial score (nSPS) is 11.1. The van der Waals surface area contributed by atoms with E-state index in [2.05, 4.69) is 9.71 Å². The fourth-order valence-electron chi connectivity index (χ4n) is 1.29. The average Bonchev–Trinajstić information content (AvgIpc) is 2.30. The van der Waals surface area contributed by atoms with Gasteiger partial charge in [0.2, 0.25) is 0 Å². The first kappa shape index (κ1) is 11.9. The molecule has 0 aliphatic rings. The molecule has 0 unspecified atom stereocenters. The van der Waals surface area contributed by atoms with Crippen molar-refractivity contribution in [3.8, 4) is 0 Å². The van der Waals surface area contributed by atoms with Gasteiger partial charge in [0, 0.05) is 11.9 Å². The summed E-state index contributed by atoms with van der Waals surface area (Å²) in [5.74, 6) is 0. The van der Waals surface area contributed by atoms with Crippen molar-refractivity contribution >= 4 is 27.3 Å². The molecule has 0 atom stereocenters. The largest absolute Gasteiger partial charge is 0.280 e. The molecule has 1 aromatic heterocycles. The van der Waals surface area contributed by atoms with Gasteiger partial charge in [-0.1, -0.05) is 29.8 Å². The summed E-state index contributed by atoms with van der Waals surface area (Å²) in [5, 5.41) is -0.0454. The SMILES string of the molecule is O=S(=O)(Nc1ccccc1)c1cccnc1Cl. The second-order valence-electron chi connectivity index (χ2n) is 3.26. The number of nitrogens with zero attached hydrogens (tertiary/aromatic N) is 1. The summed E-state index contributed by atoms with van der Waals surface area (Å²) in [6.45, 7) is 0. The van der Waals surface area contributed by atoms with E-state index >= 15 is 0 Å². The third kappa shape index (κ3) is 2.75. The highest BCUT2D eigenvalue weighted by Crippen LogP contribution is 2.20. The van der Waals surface area contributed by atoms with Crippen molar-refractivity contribution in [2.75, 3.05) is 4.72 Å². The lowest BCUT2D eigenvalue weighted by Gasteiger charge is -2.08. The molecule has 0 saturated carbocycles.